The van der Waals surface area contributed by atoms with E-state index in [4.69, 9.17) is 14.9 Å². The second kappa shape index (κ2) is 6.58. The largest absolute Gasteiger partial charge is 0.496 e. The molecule has 0 aliphatic heterocycles. The van der Waals surface area contributed by atoms with E-state index in [0.29, 0.717) is 18.7 Å². The Balaban J connectivity index is 2.09. The van der Waals surface area contributed by atoms with Gasteiger partial charge in [0.1, 0.15) is 5.75 Å². The molecule has 0 bridgehead atoms. The van der Waals surface area contributed by atoms with Crippen LogP contribution in [-0.4, -0.2) is 47.3 Å². The van der Waals surface area contributed by atoms with Gasteiger partial charge in [-0.1, -0.05) is 18.2 Å². The van der Waals surface area contributed by atoms with Crippen LogP contribution in [0.25, 0.3) is 0 Å². The van der Waals surface area contributed by atoms with Crippen molar-refractivity contribution >= 4 is 11.9 Å². The van der Waals surface area contributed by atoms with Gasteiger partial charge in [0, 0.05) is 18.7 Å². The molecule has 1 saturated carbocycles. The van der Waals surface area contributed by atoms with E-state index in [2.05, 4.69) is 0 Å². The summed E-state index contributed by atoms with van der Waals surface area (Å²) in [6, 6.07) is 7.32. The van der Waals surface area contributed by atoms with Gasteiger partial charge in [-0.3, -0.25) is 9.59 Å². The normalized spacial score (nSPS) is 19.9. The first-order valence-electron chi connectivity index (χ1n) is 6.82. The molecule has 2 rings (SSSR count). The van der Waals surface area contributed by atoms with Crippen LogP contribution in [0.15, 0.2) is 24.3 Å². The molecule has 1 aromatic carbocycles. The molecule has 6 heteroatoms. The van der Waals surface area contributed by atoms with E-state index >= 15 is 0 Å². The highest BCUT2D eigenvalue weighted by Crippen LogP contribution is 2.40. The molecule has 0 spiro atoms. The molecule has 1 aromatic rings. The monoisotopic (exact) mass is 293 g/mol. The number of carboxylic acid groups (broad SMARTS) is 1. The third-order valence-corrected chi connectivity index (χ3v) is 3.66. The molecule has 21 heavy (non-hydrogen) atoms. The van der Waals surface area contributed by atoms with Crippen LogP contribution in [0.3, 0.4) is 0 Å². The van der Waals surface area contributed by atoms with Gasteiger partial charge >= 0.3 is 5.97 Å². The Hall–Kier alpha value is -2.08. The first-order valence-corrected chi connectivity index (χ1v) is 6.82. The molecular formula is C15H19NO5. The Morgan fingerprint density at radius 3 is 2.62 bits per heavy atom. The number of aliphatic hydroxyl groups is 1. The summed E-state index contributed by atoms with van der Waals surface area (Å²) >= 11 is 0. The van der Waals surface area contributed by atoms with E-state index in [-0.39, 0.29) is 19.1 Å². The molecule has 114 valence electrons. The van der Waals surface area contributed by atoms with Crippen LogP contribution < -0.4 is 4.74 Å². The third kappa shape index (κ3) is 3.52. The van der Waals surface area contributed by atoms with Crippen LogP contribution in [0, 0.1) is 11.8 Å². The maximum Gasteiger partial charge on any atom is 0.307 e. The van der Waals surface area contributed by atoms with Crippen molar-refractivity contribution in [1.29, 1.82) is 0 Å². The van der Waals surface area contributed by atoms with Gasteiger partial charge in [-0.25, -0.2) is 0 Å². The fourth-order valence-electron chi connectivity index (χ4n) is 2.40. The van der Waals surface area contributed by atoms with Crippen molar-refractivity contribution in [2.75, 3.05) is 20.3 Å². The van der Waals surface area contributed by atoms with E-state index < -0.39 is 17.8 Å². The summed E-state index contributed by atoms with van der Waals surface area (Å²) in [5.74, 6) is -1.55. The topological polar surface area (TPSA) is 87.1 Å². The molecule has 2 unspecified atom stereocenters. The Bertz CT molecular complexity index is 531. The first kappa shape index (κ1) is 15.3. The van der Waals surface area contributed by atoms with Gasteiger partial charge in [-0.2, -0.15) is 0 Å². The Morgan fingerprint density at radius 1 is 1.33 bits per heavy atom. The highest BCUT2D eigenvalue weighted by atomic mass is 16.5. The van der Waals surface area contributed by atoms with Crippen LogP contribution in [0.1, 0.15) is 12.0 Å². The molecule has 1 fully saturated rings. The predicted molar refractivity (Wildman–Crippen MR) is 74.7 cm³/mol. The van der Waals surface area contributed by atoms with E-state index in [0.717, 1.165) is 5.56 Å². The van der Waals surface area contributed by atoms with Crippen molar-refractivity contribution in [3.63, 3.8) is 0 Å². The fraction of sp³-hybridized carbons (Fsp3) is 0.467. The summed E-state index contributed by atoms with van der Waals surface area (Å²) in [4.78, 5) is 24.7. The summed E-state index contributed by atoms with van der Waals surface area (Å²) in [5.41, 5.74) is 0.828. The molecule has 2 atom stereocenters. The zero-order valence-corrected chi connectivity index (χ0v) is 11.9. The number of aliphatic carboxylic acids is 1. The fourth-order valence-corrected chi connectivity index (χ4v) is 2.40. The number of para-hydroxylation sites is 1. The molecule has 0 saturated heterocycles. The van der Waals surface area contributed by atoms with Crippen LogP contribution in [0.4, 0.5) is 0 Å². The van der Waals surface area contributed by atoms with Gasteiger partial charge in [0.2, 0.25) is 5.91 Å². The molecule has 2 N–H and O–H groups in total. The minimum absolute atomic E-state index is 0.161. The van der Waals surface area contributed by atoms with Crippen molar-refractivity contribution < 1.29 is 24.5 Å². The summed E-state index contributed by atoms with van der Waals surface area (Å²) in [7, 11) is 1.55. The summed E-state index contributed by atoms with van der Waals surface area (Å²) in [6.07, 6.45) is 0.377. The Labute approximate surface area is 122 Å². The molecule has 1 aliphatic rings. The smallest absolute Gasteiger partial charge is 0.307 e. The first-order chi connectivity index (χ1) is 10.1. The van der Waals surface area contributed by atoms with E-state index in [1.54, 1.807) is 13.2 Å². The molecule has 1 amide bonds. The van der Waals surface area contributed by atoms with Gasteiger partial charge < -0.3 is 19.8 Å². The Morgan fingerprint density at radius 2 is 2.05 bits per heavy atom. The lowest BCUT2D eigenvalue weighted by Crippen LogP contribution is -2.35. The van der Waals surface area contributed by atoms with Gasteiger partial charge in [-0.15, -0.1) is 0 Å². The van der Waals surface area contributed by atoms with Gasteiger partial charge in [0.05, 0.1) is 25.6 Å². The van der Waals surface area contributed by atoms with Crippen LogP contribution in [0.5, 0.6) is 5.75 Å². The second-order valence-electron chi connectivity index (χ2n) is 5.08. The number of carboxylic acids is 1. The standard InChI is InChI=1S/C15H19NO5/c1-21-13-5-3-2-4-10(13)9-16(6-7-17)14(18)11-8-12(11)15(19)20/h2-5,11-12,17H,6-9H2,1H3,(H,19,20). The molecule has 6 nitrogen and oxygen atoms in total. The number of ether oxygens (including phenoxy) is 1. The zero-order valence-electron chi connectivity index (χ0n) is 11.9. The van der Waals surface area contributed by atoms with Crippen molar-refractivity contribution in [3.8, 4) is 5.75 Å². The summed E-state index contributed by atoms with van der Waals surface area (Å²) in [5, 5.41) is 18.0. The molecule has 0 radical (unpaired) electrons. The number of methoxy groups -OCH3 is 1. The highest BCUT2D eigenvalue weighted by molar-refractivity contribution is 5.89. The van der Waals surface area contributed by atoms with Crippen LogP contribution in [-0.2, 0) is 16.1 Å². The van der Waals surface area contributed by atoms with Crippen molar-refractivity contribution in [2.24, 2.45) is 11.8 Å². The average molecular weight is 293 g/mol. The predicted octanol–water partition coefficient (Wildman–Crippen LogP) is 0.737. The number of hydrogen-bond donors (Lipinski definition) is 2. The van der Waals surface area contributed by atoms with Crippen LogP contribution >= 0.6 is 0 Å². The van der Waals surface area contributed by atoms with Gasteiger partial charge in [-0.05, 0) is 12.5 Å². The maximum atomic E-state index is 12.3. The molecule has 1 aliphatic carbocycles. The number of aliphatic hydroxyl groups excluding tert-OH is 1. The second-order valence-corrected chi connectivity index (χ2v) is 5.08. The number of carbonyl (C=O) groups excluding carboxylic acids is 1. The molecule has 0 heterocycles. The quantitative estimate of drug-likeness (QED) is 0.774. The third-order valence-electron chi connectivity index (χ3n) is 3.66. The number of carbonyl (C=O) groups is 2. The number of benzene rings is 1. The zero-order chi connectivity index (χ0) is 15.4. The van der Waals surface area contributed by atoms with E-state index in [9.17, 15) is 9.59 Å². The van der Waals surface area contributed by atoms with Crippen LogP contribution in [0.2, 0.25) is 0 Å². The van der Waals surface area contributed by atoms with E-state index in [1.807, 2.05) is 18.2 Å². The van der Waals surface area contributed by atoms with Crippen molar-refractivity contribution in [2.45, 2.75) is 13.0 Å². The average Bonchev–Trinajstić information content (AvgIpc) is 3.27. The number of hydrogen-bond acceptors (Lipinski definition) is 4. The van der Waals surface area contributed by atoms with Crippen molar-refractivity contribution in [3.05, 3.63) is 29.8 Å². The van der Waals surface area contributed by atoms with Gasteiger partial charge in [0.15, 0.2) is 0 Å². The van der Waals surface area contributed by atoms with Gasteiger partial charge in [0.25, 0.3) is 0 Å². The minimum Gasteiger partial charge on any atom is -0.496 e. The summed E-state index contributed by atoms with van der Waals surface area (Å²) < 4.78 is 5.24. The van der Waals surface area contributed by atoms with Crippen molar-refractivity contribution in [1.82, 2.24) is 4.90 Å². The lowest BCUT2D eigenvalue weighted by Gasteiger charge is -2.23. The van der Waals surface area contributed by atoms with E-state index in [1.165, 1.54) is 4.90 Å². The Kier molecular flexibility index (Phi) is 4.80. The minimum atomic E-state index is -0.936. The number of amides is 1. The summed E-state index contributed by atoms with van der Waals surface area (Å²) in [6.45, 7) is 0.317. The number of rotatable bonds is 7. The molecular weight excluding hydrogens is 274 g/mol. The highest BCUT2D eigenvalue weighted by Gasteiger charge is 2.49. The maximum absolute atomic E-state index is 12.3. The molecule has 0 aromatic heterocycles. The lowest BCUT2D eigenvalue weighted by molar-refractivity contribution is -0.142. The lowest BCUT2D eigenvalue weighted by atomic mass is 10.1. The number of nitrogens with zero attached hydrogens (tertiary/aromatic N) is 1. The SMILES string of the molecule is COc1ccccc1CN(CCO)C(=O)C1CC1C(=O)O.